The molecule has 0 fully saturated rings. The zero-order chi connectivity index (χ0) is 13.1. The number of carbonyl (C=O) groups excluding carboxylic acids is 1. The molecular weight excluding hydrogens is 216 g/mol. The highest BCUT2D eigenvalue weighted by Gasteiger charge is 2.21. The van der Waals surface area contributed by atoms with E-state index in [-0.39, 0.29) is 11.4 Å². The first kappa shape index (κ1) is 13.4. The predicted molar refractivity (Wildman–Crippen MR) is 68.7 cm³/mol. The smallest absolute Gasteiger partial charge is 0.270 e. The summed E-state index contributed by atoms with van der Waals surface area (Å²) in [6, 6.07) is 5.02. The lowest BCUT2D eigenvalue weighted by molar-refractivity contribution is 0.0915. The summed E-state index contributed by atoms with van der Waals surface area (Å²) in [7, 11) is 3.95. The zero-order valence-corrected chi connectivity index (χ0v) is 10.8. The van der Waals surface area contributed by atoms with Gasteiger partial charge >= 0.3 is 0 Å². The fourth-order valence-corrected chi connectivity index (χ4v) is 1.12. The maximum atomic E-state index is 11.8. The van der Waals surface area contributed by atoms with Gasteiger partial charge in [0.05, 0.1) is 0 Å². The van der Waals surface area contributed by atoms with Crippen LogP contribution in [0.15, 0.2) is 18.2 Å². The summed E-state index contributed by atoms with van der Waals surface area (Å²) < 4.78 is 0. The van der Waals surface area contributed by atoms with Gasteiger partial charge in [0.15, 0.2) is 0 Å². The Hall–Kier alpha value is -1.62. The van der Waals surface area contributed by atoms with Crippen molar-refractivity contribution in [2.75, 3.05) is 26.4 Å². The average molecular weight is 236 g/mol. The van der Waals surface area contributed by atoms with Crippen LogP contribution in [0.4, 0.5) is 5.82 Å². The monoisotopic (exact) mass is 236 g/mol. The number of hydrogen-bond donors (Lipinski definition) is 2. The van der Waals surface area contributed by atoms with Gasteiger partial charge in [0.1, 0.15) is 11.5 Å². The molecule has 1 heterocycles. The van der Waals surface area contributed by atoms with Gasteiger partial charge in [-0.1, -0.05) is 6.07 Å². The van der Waals surface area contributed by atoms with Crippen molar-refractivity contribution >= 4 is 11.7 Å². The van der Waals surface area contributed by atoms with Crippen LogP contribution in [0, 0.1) is 0 Å². The number of likely N-dealkylation sites (N-methyl/N-ethyl adjacent to an activating group) is 1. The van der Waals surface area contributed by atoms with Gasteiger partial charge in [-0.2, -0.15) is 0 Å². The third kappa shape index (κ3) is 3.71. The van der Waals surface area contributed by atoms with Gasteiger partial charge in [-0.15, -0.1) is 0 Å². The number of aromatic nitrogens is 1. The van der Waals surface area contributed by atoms with Crippen LogP contribution in [0.3, 0.4) is 0 Å². The lowest BCUT2D eigenvalue weighted by atomic mass is 10.0. The fraction of sp³-hybridized carbons (Fsp3) is 0.500. The van der Waals surface area contributed by atoms with E-state index in [9.17, 15) is 4.79 Å². The lowest BCUT2D eigenvalue weighted by Gasteiger charge is -2.32. The van der Waals surface area contributed by atoms with Crippen LogP contribution >= 0.6 is 0 Å². The third-order valence-electron chi connectivity index (χ3n) is 2.90. The maximum absolute atomic E-state index is 11.8. The van der Waals surface area contributed by atoms with Crippen molar-refractivity contribution in [3.05, 3.63) is 23.9 Å². The highest BCUT2D eigenvalue weighted by Crippen LogP contribution is 2.08. The van der Waals surface area contributed by atoms with E-state index in [2.05, 4.69) is 29.0 Å². The molecule has 1 aromatic heterocycles. The van der Waals surface area contributed by atoms with Crippen molar-refractivity contribution in [2.24, 2.45) is 0 Å². The van der Waals surface area contributed by atoms with Crippen LogP contribution in [0.2, 0.25) is 0 Å². The maximum Gasteiger partial charge on any atom is 0.270 e. The molecule has 0 aliphatic rings. The van der Waals surface area contributed by atoms with Gasteiger partial charge in [0.2, 0.25) is 0 Å². The van der Waals surface area contributed by atoms with Crippen LogP contribution in [0.1, 0.15) is 24.3 Å². The molecule has 94 valence electrons. The molecule has 17 heavy (non-hydrogen) atoms. The lowest BCUT2D eigenvalue weighted by Crippen LogP contribution is -2.48. The van der Waals surface area contributed by atoms with E-state index < -0.39 is 0 Å². The first-order valence-electron chi connectivity index (χ1n) is 5.51. The molecule has 1 rings (SSSR count). The van der Waals surface area contributed by atoms with Gasteiger partial charge in [-0.3, -0.25) is 4.79 Å². The van der Waals surface area contributed by atoms with Crippen LogP contribution < -0.4 is 11.1 Å². The number of carbonyl (C=O) groups is 1. The van der Waals surface area contributed by atoms with Crippen molar-refractivity contribution in [1.29, 1.82) is 0 Å². The first-order chi connectivity index (χ1) is 7.83. The molecule has 1 aromatic rings. The summed E-state index contributed by atoms with van der Waals surface area (Å²) in [6.45, 7) is 4.66. The Labute approximate surface area is 102 Å². The molecule has 3 N–H and O–H groups in total. The minimum Gasteiger partial charge on any atom is -0.384 e. The highest BCUT2D eigenvalue weighted by molar-refractivity contribution is 5.92. The molecule has 1 amide bonds. The van der Waals surface area contributed by atoms with Crippen LogP contribution in [-0.4, -0.2) is 42.0 Å². The number of nitrogens with two attached hydrogens (primary N) is 1. The molecule has 0 spiro atoms. The minimum absolute atomic E-state index is 0.101. The molecule has 5 heteroatoms. The Balaban J connectivity index is 2.62. The SMILES string of the molecule is CN(C)C(C)(C)CNC(=O)c1cccc(N)n1. The second-order valence-corrected chi connectivity index (χ2v) is 4.84. The molecule has 0 aromatic carbocycles. The Bertz CT molecular complexity index is 401. The topological polar surface area (TPSA) is 71.2 Å². The number of rotatable bonds is 4. The molecule has 0 unspecified atom stereocenters. The second kappa shape index (κ2) is 5.14. The molecule has 0 bridgehead atoms. The number of anilines is 1. The van der Waals surface area contributed by atoms with E-state index in [4.69, 9.17) is 5.73 Å². The van der Waals surface area contributed by atoms with Gasteiger partial charge in [0.25, 0.3) is 5.91 Å². The summed E-state index contributed by atoms with van der Waals surface area (Å²) >= 11 is 0. The Morgan fingerprint density at radius 3 is 2.65 bits per heavy atom. The van der Waals surface area contributed by atoms with Crippen LogP contribution in [-0.2, 0) is 0 Å². The van der Waals surface area contributed by atoms with Crippen molar-refractivity contribution in [2.45, 2.75) is 19.4 Å². The van der Waals surface area contributed by atoms with E-state index in [1.807, 2.05) is 14.1 Å². The minimum atomic E-state index is -0.202. The van der Waals surface area contributed by atoms with Crippen molar-refractivity contribution in [3.8, 4) is 0 Å². The average Bonchev–Trinajstić information content (AvgIpc) is 2.25. The molecule has 0 radical (unpaired) electrons. The second-order valence-electron chi connectivity index (χ2n) is 4.84. The Morgan fingerprint density at radius 2 is 2.12 bits per heavy atom. The van der Waals surface area contributed by atoms with Crippen LogP contribution in [0.5, 0.6) is 0 Å². The van der Waals surface area contributed by atoms with Gasteiger partial charge < -0.3 is 16.0 Å². The van der Waals surface area contributed by atoms with E-state index in [1.165, 1.54) is 0 Å². The standard InChI is InChI=1S/C12H20N4O/c1-12(2,16(3)4)8-14-11(17)9-6-5-7-10(13)15-9/h5-7H,8H2,1-4H3,(H2,13,15)(H,14,17). The molecular formula is C12H20N4O. The zero-order valence-electron chi connectivity index (χ0n) is 10.8. The molecule has 0 atom stereocenters. The van der Waals surface area contributed by atoms with Crippen LogP contribution in [0.25, 0.3) is 0 Å². The Kier molecular flexibility index (Phi) is 4.07. The van der Waals surface area contributed by atoms with E-state index in [0.717, 1.165) is 0 Å². The van der Waals surface area contributed by atoms with E-state index in [1.54, 1.807) is 18.2 Å². The van der Waals surface area contributed by atoms with Crippen molar-refractivity contribution < 1.29 is 4.79 Å². The summed E-state index contributed by atoms with van der Waals surface area (Å²) in [5.41, 5.74) is 5.77. The summed E-state index contributed by atoms with van der Waals surface area (Å²) in [4.78, 5) is 17.8. The molecule has 0 saturated heterocycles. The van der Waals surface area contributed by atoms with Gasteiger partial charge in [-0.25, -0.2) is 4.98 Å². The molecule has 0 saturated carbocycles. The van der Waals surface area contributed by atoms with E-state index in [0.29, 0.717) is 18.1 Å². The van der Waals surface area contributed by atoms with Gasteiger partial charge in [0, 0.05) is 12.1 Å². The predicted octanol–water partition coefficient (Wildman–Crippen LogP) is 0.734. The summed E-state index contributed by atoms with van der Waals surface area (Å²) in [5.74, 6) is 0.150. The first-order valence-corrected chi connectivity index (χ1v) is 5.51. The van der Waals surface area contributed by atoms with Crippen molar-refractivity contribution in [3.63, 3.8) is 0 Å². The highest BCUT2D eigenvalue weighted by atomic mass is 16.1. The quantitative estimate of drug-likeness (QED) is 0.808. The van der Waals surface area contributed by atoms with Crippen molar-refractivity contribution in [1.82, 2.24) is 15.2 Å². The molecule has 5 nitrogen and oxygen atoms in total. The summed E-state index contributed by atoms with van der Waals surface area (Å²) in [5, 5.41) is 2.85. The number of nitrogens with one attached hydrogen (secondary N) is 1. The number of pyridine rings is 1. The third-order valence-corrected chi connectivity index (χ3v) is 2.90. The normalized spacial score (nSPS) is 11.6. The number of nitrogen functional groups attached to an aromatic ring is 1. The summed E-state index contributed by atoms with van der Waals surface area (Å²) in [6.07, 6.45) is 0. The van der Waals surface area contributed by atoms with E-state index >= 15 is 0 Å². The number of hydrogen-bond acceptors (Lipinski definition) is 4. The largest absolute Gasteiger partial charge is 0.384 e. The fourth-order valence-electron chi connectivity index (χ4n) is 1.12. The molecule has 0 aliphatic heterocycles. The molecule has 0 aliphatic carbocycles. The Morgan fingerprint density at radius 1 is 1.47 bits per heavy atom. The number of nitrogens with zero attached hydrogens (tertiary/aromatic N) is 2. The van der Waals surface area contributed by atoms with Gasteiger partial charge in [-0.05, 0) is 40.1 Å². The number of amides is 1.